The van der Waals surface area contributed by atoms with E-state index in [1.165, 1.54) is 6.92 Å². The fraction of sp³-hybridized carbons (Fsp3) is 0.429. The zero-order chi connectivity index (χ0) is 14.0. The lowest BCUT2D eigenvalue weighted by Crippen LogP contribution is -2.47. The minimum Gasteiger partial charge on any atom is -0.497 e. The maximum atomic E-state index is 11.5. The summed E-state index contributed by atoms with van der Waals surface area (Å²) in [7, 11) is 1.62. The summed E-state index contributed by atoms with van der Waals surface area (Å²) in [5.74, 6) is 0.00601. The van der Waals surface area contributed by atoms with Crippen LogP contribution < -0.4 is 15.8 Å². The third-order valence-corrected chi connectivity index (χ3v) is 3.54. The number of carbonyl (C=O) groups excluding carboxylic acids is 2. The van der Waals surface area contributed by atoms with Gasteiger partial charge in [0.25, 0.3) is 0 Å². The van der Waals surface area contributed by atoms with Gasteiger partial charge in [0.05, 0.1) is 7.11 Å². The van der Waals surface area contributed by atoms with Crippen molar-refractivity contribution in [1.82, 2.24) is 5.32 Å². The first-order valence-electron chi connectivity index (χ1n) is 6.26. The van der Waals surface area contributed by atoms with E-state index in [2.05, 4.69) is 5.32 Å². The molecule has 0 fully saturated rings. The molecule has 0 aliphatic heterocycles. The van der Waals surface area contributed by atoms with Crippen LogP contribution in [0.15, 0.2) is 18.2 Å². The first-order valence-corrected chi connectivity index (χ1v) is 6.26. The predicted molar refractivity (Wildman–Crippen MR) is 70.9 cm³/mol. The number of primary amides is 1. The molecule has 1 aliphatic rings. The molecule has 102 valence electrons. The smallest absolute Gasteiger partial charge is 0.240 e. The van der Waals surface area contributed by atoms with Crippen molar-refractivity contribution in [3.8, 4) is 5.75 Å². The monoisotopic (exact) mass is 262 g/mol. The van der Waals surface area contributed by atoms with E-state index in [0.717, 1.165) is 29.7 Å². The number of nitrogens with two attached hydrogens (primary N) is 1. The van der Waals surface area contributed by atoms with E-state index in [4.69, 9.17) is 10.5 Å². The average molecular weight is 262 g/mol. The highest BCUT2D eigenvalue weighted by atomic mass is 16.5. The number of nitrogens with one attached hydrogen (secondary N) is 1. The quantitative estimate of drug-likeness (QED) is 0.838. The molecular formula is C14H18N2O3. The number of benzene rings is 1. The zero-order valence-electron chi connectivity index (χ0n) is 11.1. The Bertz CT molecular complexity index is 513. The maximum absolute atomic E-state index is 11.5. The number of fused-ring (bicyclic) bond motifs is 1. The first kappa shape index (κ1) is 13.4. The summed E-state index contributed by atoms with van der Waals surface area (Å²) in [6.07, 6.45) is 1.66. The Balaban J connectivity index is 2.29. The number of aryl methyl sites for hydroxylation is 1. The molecule has 0 bridgehead atoms. The molecule has 0 heterocycles. The molecule has 1 aliphatic carbocycles. The molecule has 0 unspecified atom stereocenters. The van der Waals surface area contributed by atoms with Crippen molar-refractivity contribution in [2.45, 2.75) is 31.7 Å². The second-order valence-corrected chi connectivity index (χ2v) is 4.79. The Kier molecular flexibility index (Phi) is 3.74. The van der Waals surface area contributed by atoms with Crippen LogP contribution in [0.25, 0.3) is 0 Å². The Hall–Kier alpha value is -2.04. The van der Waals surface area contributed by atoms with Gasteiger partial charge in [-0.2, -0.15) is 0 Å². The maximum Gasteiger partial charge on any atom is 0.240 e. The van der Waals surface area contributed by atoms with Gasteiger partial charge < -0.3 is 15.8 Å². The van der Waals surface area contributed by atoms with E-state index < -0.39 is 11.9 Å². The normalized spacial score (nSPS) is 18.5. The summed E-state index contributed by atoms with van der Waals surface area (Å²) in [6, 6.07) is 5.14. The molecule has 0 spiro atoms. The van der Waals surface area contributed by atoms with E-state index in [1.54, 1.807) is 7.11 Å². The molecule has 1 aromatic rings. The number of methoxy groups -OCH3 is 1. The number of ether oxygens (including phenoxy) is 1. The molecule has 0 saturated heterocycles. The Labute approximate surface area is 112 Å². The van der Waals surface area contributed by atoms with Crippen molar-refractivity contribution >= 4 is 11.8 Å². The van der Waals surface area contributed by atoms with E-state index >= 15 is 0 Å². The summed E-state index contributed by atoms with van der Waals surface area (Å²) in [4.78, 5) is 22.7. The largest absolute Gasteiger partial charge is 0.497 e. The molecule has 19 heavy (non-hydrogen) atoms. The van der Waals surface area contributed by atoms with Crippen LogP contribution in [0.5, 0.6) is 5.75 Å². The topological polar surface area (TPSA) is 81.4 Å². The Morgan fingerprint density at radius 1 is 1.47 bits per heavy atom. The number of hydrogen-bond donors (Lipinski definition) is 2. The van der Waals surface area contributed by atoms with Crippen molar-refractivity contribution in [1.29, 1.82) is 0 Å². The van der Waals surface area contributed by atoms with Gasteiger partial charge in [-0.25, -0.2) is 0 Å². The molecule has 0 saturated carbocycles. The number of rotatable bonds is 4. The molecule has 5 heteroatoms. The van der Waals surface area contributed by atoms with Crippen molar-refractivity contribution in [2.24, 2.45) is 5.73 Å². The summed E-state index contributed by atoms with van der Waals surface area (Å²) in [5.41, 5.74) is 7.62. The second kappa shape index (κ2) is 5.30. The standard InChI is InChI=1S/C14H18N2O3/c1-8(17)16-13(14(15)18)12-5-3-9-7-10(19-2)4-6-11(9)12/h4,6-7,12-13H,3,5H2,1-2H3,(H2,15,18)(H,16,17)/t12-,13-/m0/s1. The van der Waals surface area contributed by atoms with E-state index in [9.17, 15) is 9.59 Å². The number of carbonyl (C=O) groups is 2. The van der Waals surface area contributed by atoms with Gasteiger partial charge >= 0.3 is 0 Å². The minimum atomic E-state index is -0.646. The lowest BCUT2D eigenvalue weighted by molar-refractivity contribution is -0.126. The van der Waals surface area contributed by atoms with E-state index in [-0.39, 0.29) is 11.8 Å². The van der Waals surface area contributed by atoms with Crippen LogP contribution in [0.1, 0.15) is 30.4 Å². The van der Waals surface area contributed by atoms with Crippen LogP contribution in [-0.2, 0) is 16.0 Å². The van der Waals surface area contributed by atoms with E-state index in [1.807, 2.05) is 18.2 Å². The van der Waals surface area contributed by atoms with Crippen LogP contribution in [0.3, 0.4) is 0 Å². The van der Waals surface area contributed by atoms with Crippen molar-refractivity contribution in [3.63, 3.8) is 0 Å². The molecule has 2 amide bonds. The Morgan fingerprint density at radius 2 is 2.21 bits per heavy atom. The third-order valence-electron chi connectivity index (χ3n) is 3.54. The van der Waals surface area contributed by atoms with Crippen LogP contribution in [0.4, 0.5) is 0 Å². The van der Waals surface area contributed by atoms with Gasteiger partial charge in [-0.3, -0.25) is 9.59 Å². The fourth-order valence-corrected chi connectivity index (χ4v) is 2.69. The van der Waals surface area contributed by atoms with Gasteiger partial charge in [0.1, 0.15) is 11.8 Å². The summed E-state index contributed by atoms with van der Waals surface area (Å²) < 4.78 is 5.19. The highest BCUT2D eigenvalue weighted by Crippen LogP contribution is 2.37. The van der Waals surface area contributed by atoms with Crippen LogP contribution in [0.2, 0.25) is 0 Å². The van der Waals surface area contributed by atoms with Crippen molar-refractivity contribution < 1.29 is 14.3 Å². The van der Waals surface area contributed by atoms with Crippen LogP contribution in [-0.4, -0.2) is 25.0 Å². The first-order chi connectivity index (χ1) is 9.02. The molecule has 5 nitrogen and oxygen atoms in total. The predicted octanol–water partition coefficient (Wildman–Crippen LogP) is 0.715. The number of amides is 2. The van der Waals surface area contributed by atoms with E-state index in [0.29, 0.717) is 0 Å². The highest BCUT2D eigenvalue weighted by Gasteiger charge is 2.33. The van der Waals surface area contributed by atoms with Crippen molar-refractivity contribution in [2.75, 3.05) is 7.11 Å². The van der Waals surface area contributed by atoms with Gasteiger partial charge in [0, 0.05) is 12.8 Å². The van der Waals surface area contributed by atoms with Gasteiger partial charge in [0.15, 0.2) is 0 Å². The van der Waals surface area contributed by atoms with Gasteiger partial charge in [-0.1, -0.05) is 6.07 Å². The van der Waals surface area contributed by atoms with Crippen LogP contribution >= 0.6 is 0 Å². The Morgan fingerprint density at radius 3 is 2.79 bits per heavy atom. The third kappa shape index (κ3) is 2.70. The molecule has 2 rings (SSSR count). The molecule has 1 aromatic carbocycles. The molecule has 0 radical (unpaired) electrons. The van der Waals surface area contributed by atoms with Gasteiger partial charge in [-0.05, 0) is 36.1 Å². The average Bonchev–Trinajstić information content (AvgIpc) is 2.77. The zero-order valence-corrected chi connectivity index (χ0v) is 11.1. The second-order valence-electron chi connectivity index (χ2n) is 4.79. The highest BCUT2D eigenvalue weighted by molar-refractivity contribution is 5.86. The minimum absolute atomic E-state index is 0.0534. The summed E-state index contributed by atoms with van der Waals surface area (Å²) in [6.45, 7) is 1.39. The number of hydrogen-bond acceptors (Lipinski definition) is 3. The summed E-state index contributed by atoms with van der Waals surface area (Å²) >= 11 is 0. The SMILES string of the molecule is COc1ccc2c(c1)CC[C@@H]2[C@H](NC(C)=O)C(N)=O. The van der Waals surface area contributed by atoms with Gasteiger partial charge in [-0.15, -0.1) is 0 Å². The molecule has 0 aromatic heterocycles. The lowest BCUT2D eigenvalue weighted by Gasteiger charge is -2.22. The van der Waals surface area contributed by atoms with Crippen LogP contribution in [0, 0.1) is 0 Å². The van der Waals surface area contributed by atoms with Crippen molar-refractivity contribution in [3.05, 3.63) is 29.3 Å². The lowest BCUT2D eigenvalue weighted by atomic mass is 9.92. The fourth-order valence-electron chi connectivity index (χ4n) is 2.69. The summed E-state index contributed by atoms with van der Waals surface area (Å²) in [5, 5.41) is 2.65. The molecule has 3 N–H and O–H groups in total. The van der Waals surface area contributed by atoms with Gasteiger partial charge in [0.2, 0.25) is 11.8 Å². The molecular weight excluding hydrogens is 244 g/mol. The molecule has 2 atom stereocenters.